The molecular formula is C44H38F2N4O2. The Morgan fingerprint density at radius 3 is 1.21 bits per heavy atom. The minimum Gasteiger partial charge on any atom is -0.367 e. The monoisotopic (exact) mass is 692 g/mol. The molecule has 0 radical (unpaired) electrons. The van der Waals surface area contributed by atoms with E-state index in [1.807, 2.05) is 85.5 Å². The van der Waals surface area contributed by atoms with Gasteiger partial charge in [-0.15, -0.1) is 0 Å². The Morgan fingerprint density at radius 1 is 0.442 bits per heavy atom. The van der Waals surface area contributed by atoms with E-state index in [9.17, 15) is 8.78 Å². The van der Waals surface area contributed by atoms with E-state index in [-0.39, 0.29) is 23.8 Å². The molecule has 0 N–H and O–H groups in total. The average molecular weight is 693 g/mol. The smallest absolute Gasteiger partial charge is 0.123 e. The third kappa shape index (κ3) is 8.84. The van der Waals surface area contributed by atoms with Gasteiger partial charge < -0.3 is 18.6 Å². The lowest BCUT2D eigenvalue weighted by Crippen LogP contribution is -2.12. The van der Waals surface area contributed by atoms with Crippen molar-refractivity contribution in [2.24, 2.45) is 0 Å². The number of fused-ring (bicyclic) bond motifs is 2. The zero-order valence-corrected chi connectivity index (χ0v) is 28.5. The summed E-state index contributed by atoms with van der Waals surface area (Å²) in [4.78, 5) is 8.92. The third-order valence-electron chi connectivity index (χ3n) is 8.85. The van der Waals surface area contributed by atoms with Crippen LogP contribution in [0.25, 0.3) is 22.1 Å². The van der Waals surface area contributed by atoms with E-state index in [1.165, 1.54) is 24.3 Å². The lowest BCUT2D eigenvalue weighted by atomic mass is 10.1. The summed E-state index contributed by atoms with van der Waals surface area (Å²) in [5.74, 6) is -0.475. The number of nitrogens with zero attached hydrogens (tertiary/aromatic N) is 4. The summed E-state index contributed by atoms with van der Waals surface area (Å²) in [7, 11) is 0. The zero-order chi connectivity index (χ0) is 35.5. The predicted octanol–water partition coefficient (Wildman–Crippen LogP) is 10.3. The Morgan fingerprint density at radius 2 is 0.808 bits per heavy atom. The van der Waals surface area contributed by atoms with Crippen LogP contribution >= 0.6 is 0 Å². The highest BCUT2D eigenvalue weighted by atomic mass is 19.1. The molecule has 0 saturated heterocycles. The highest BCUT2D eigenvalue weighted by Gasteiger charge is 2.16. The Balaban J connectivity index is 0.000000162. The van der Waals surface area contributed by atoms with Gasteiger partial charge in [0.1, 0.15) is 23.8 Å². The number of benzene rings is 6. The van der Waals surface area contributed by atoms with Crippen LogP contribution in [-0.4, -0.2) is 19.1 Å². The summed E-state index contributed by atoms with van der Waals surface area (Å²) < 4.78 is 42.8. The van der Waals surface area contributed by atoms with Crippen LogP contribution in [0.3, 0.4) is 0 Å². The molecule has 6 aromatic carbocycles. The van der Waals surface area contributed by atoms with Crippen LogP contribution in [-0.2, 0) is 35.8 Å². The van der Waals surface area contributed by atoms with Gasteiger partial charge in [0, 0.05) is 0 Å². The van der Waals surface area contributed by atoms with Gasteiger partial charge in [0.15, 0.2) is 0 Å². The summed E-state index contributed by atoms with van der Waals surface area (Å²) in [6.07, 6.45) is 3.45. The van der Waals surface area contributed by atoms with Gasteiger partial charge in [0.25, 0.3) is 0 Å². The molecule has 0 aliphatic carbocycles. The molecule has 0 unspecified atom stereocenters. The van der Waals surface area contributed by atoms with E-state index in [0.29, 0.717) is 26.3 Å². The van der Waals surface area contributed by atoms with Crippen molar-refractivity contribution in [3.63, 3.8) is 0 Å². The highest BCUT2D eigenvalue weighted by Crippen LogP contribution is 2.25. The number of halogens is 2. The number of aromatic nitrogens is 4. The number of ether oxygens (including phenoxy) is 2. The minimum atomic E-state index is -0.238. The van der Waals surface area contributed by atoms with Gasteiger partial charge in [-0.2, -0.15) is 0 Å². The molecule has 8 heteroatoms. The molecule has 0 aliphatic rings. The largest absolute Gasteiger partial charge is 0.367 e. The fourth-order valence-electron chi connectivity index (χ4n) is 6.07. The van der Waals surface area contributed by atoms with E-state index >= 15 is 0 Å². The van der Waals surface area contributed by atoms with E-state index < -0.39 is 0 Å². The first-order valence-electron chi connectivity index (χ1n) is 17.2. The maximum absolute atomic E-state index is 13.1. The zero-order valence-electron chi connectivity index (χ0n) is 28.5. The number of imidazole rings is 2. The molecule has 2 aromatic heterocycles. The van der Waals surface area contributed by atoms with Gasteiger partial charge in [-0.1, -0.05) is 109 Å². The molecular weight excluding hydrogens is 655 g/mol. The van der Waals surface area contributed by atoms with Crippen LogP contribution in [0, 0.1) is 11.6 Å². The van der Waals surface area contributed by atoms with Crippen molar-refractivity contribution in [3.05, 3.63) is 204 Å². The molecule has 260 valence electrons. The van der Waals surface area contributed by atoms with Crippen molar-refractivity contribution in [1.29, 1.82) is 0 Å². The molecule has 8 rings (SSSR count). The second kappa shape index (κ2) is 16.8. The van der Waals surface area contributed by atoms with E-state index in [2.05, 4.69) is 55.5 Å². The maximum atomic E-state index is 13.1. The van der Waals surface area contributed by atoms with E-state index in [0.717, 1.165) is 44.3 Å². The Bertz CT molecular complexity index is 2120. The molecule has 0 fully saturated rings. The van der Waals surface area contributed by atoms with Crippen molar-refractivity contribution >= 4 is 22.1 Å². The molecule has 0 saturated carbocycles. The van der Waals surface area contributed by atoms with Gasteiger partial charge in [0.2, 0.25) is 0 Å². The Labute approximate surface area is 301 Å². The van der Waals surface area contributed by atoms with Crippen LogP contribution in [0.5, 0.6) is 0 Å². The first-order valence-corrected chi connectivity index (χ1v) is 17.2. The summed E-state index contributed by atoms with van der Waals surface area (Å²) in [5.41, 5.74) is 8.21. The highest BCUT2D eigenvalue weighted by molar-refractivity contribution is 5.75. The molecule has 0 spiro atoms. The molecule has 2 atom stereocenters. The number of hydrogen-bond donors (Lipinski definition) is 0. The first-order chi connectivity index (χ1) is 25.6. The van der Waals surface area contributed by atoms with Gasteiger partial charge in [-0.25, -0.2) is 18.7 Å². The van der Waals surface area contributed by atoms with Crippen molar-refractivity contribution in [1.82, 2.24) is 19.1 Å². The summed E-state index contributed by atoms with van der Waals surface area (Å²) >= 11 is 0. The lowest BCUT2D eigenvalue weighted by Gasteiger charge is -2.19. The lowest BCUT2D eigenvalue weighted by molar-refractivity contribution is 0.0286. The maximum Gasteiger partial charge on any atom is 0.123 e. The van der Waals surface area contributed by atoms with E-state index in [4.69, 9.17) is 9.47 Å². The molecule has 0 amide bonds. The molecule has 52 heavy (non-hydrogen) atoms. The summed E-state index contributed by atoms with van der Waals surface area (Å²) in [6, 6.07) is 49.2. The van der Waals surface area contributed by atoms with Gasteiger partial charge in [-0.05, 0) is 70.8 Å². The van der Waals surface area contributed by atoms with Crippen molar-refractivity contribution < 1.29 is 18.3 Å². The summed E-state index contributed by atoms with van der Waals surface area (Å²) in [5, 5.41) is 0. The van der Waals surface area contributed by atoms with Crippen LogP contribution < -0.4 is 0 Å². The summed E-state index contributed by atoms with van der Waals surface area (Å²) in [6.45, 7) is 2.16. The third-order valence-corrected chi connectivity index (χ3v) is 8.85. The van der Waals surface area contributed by atoms with Crippen molar-refractivity contribution in [3.8, 4) is 0 Å². The Kier molecular flexibility index (Phi) is 11.2. The number of rotatable bonds is 12. The minimum absolute atomic E-state index is 0.126. The van der Waals surface area contributed by atoms with E-state index in [1.54, 1.807) is 24.3 Å². The standard InChI is InChI=1S/2C22H19FN2O/c2*23-19-12-10-17(11-13-19)15-26-22(18-6-2-1-3-7-18)14-25-16-24-20-8-4-5-9-21(20)25/h2*1-13,16,22H,14-15H2/t2*22-/m10/s1. The normalized spacial score (nSPS) is 12.3. The van der Waals surface area contributed by atoms with Crippen molar-refractivity contribution in [2.45, 2.75) is 38.5 Å². The predicted molar refractivity (Wildman–Crippen MR) is 200 cm³/mol. The Hall–Kier alpha value is -5.96. The second-order valence-corrected chi connectivity index (χ2v) is 12.4. The SMILES string of the molecule is Fc1ccc(CO[C@@H](Cn2cnc3ccccc32)c2ccccc2)cc1.Fc1ccc(CO[C@H](Cn2cnc3ccccc32)c2ccccc2)cc1. The van der Waals surface area contributed by atoms with Crippen LogP contribution in [0.1, 0.15) is 34.5 Å². The molecule has 0 bridgehead atoms. The van der Waals surface area contributed by atoms with Crippen LogP contribution in [0.2, 0.25) is 0 Å². The fourth-order valence-corrected chi connectivity index (χ4v) is 6.07. The average Bonchev–Trinajstić information content (AvgIpc) is 3.81. The number of para-hydroxylation sites is 4. The van der Waals surface area contributed by atoms with Crippen LogP contribution in [0.4, 0.5) is 8.78 Å². The number of hydrogen-bond acceptors (Lipinski definition) is 4. The van der Waals surface area contributed by atoms with Crippen molar-refractivity contribution in [2.75, 3.05) is 0 Å². The van der Waals surface area contributed by atoms with Gasteiger partial charge in [-0.3, -0.25) is 0 Å². The molecule has 2 heterocycles. The fraction of sp³-hybridized carbons (Fsp3) is 0.136. The molecule has 6 nitrogen and oxygen atoms in total. The van der Waals surface area contributed by atoms with Gasteiger partial charge >= 0.3 is 0 Å². The quantitative estimate of drug-likeness (QED) is 0.128. The molecule has 0 aliphatic heterocycles. The van der Waals surface area contributed by atoms with Gasteiger partial charge in [0.05, 0.1) is 61.0 Å². The molecule has 8 aromatic rings. The first kappa shape index (κ1) is 34.5. The topological polar surface area (TPSA) is 54.1 Å². The second-order valence-electron chi connectivity index (χ2n) is 12.4. The van der Waals surface area contributed by atoms with Crippen LogP contribution in [0.15, 0.2) is 170 Å².